The Morgan fingerprint density at radius 1 is 1.15 bits per heavy atom. The smallest absolute Gasteiger partial charge is 0.412 e. The molecule has 12 heteroatoms. The zero-order chi connectivity index (χ0) is 23.8. The summed E-state index contributed by atoms with van der Waals surface area (Å²) in [6.07, 6.45) is 3.53. The van der Waals surface area contributed by atoms with Crippen molar-refractivity contribution in [3.8, 4) is 12.3 Å². The van der Waals surface area contributed by atoms with Gasteiger partial charge in [0.1, 0.15) is 11.0 Å². The van der Waals surface area contributed by atoms with E-state index in [1.165, 1.54) is 26.5 Å². The first-order valence-electron chi connectivity index (χ1n) is 10.4. The molecule has 1 unspecified atom stereocenters. The van der Waals surface area contributed by atoms with Gasteiger partial charge in [-0.15, -0.1) is 18.2 Å². The molecule has 10 nitrogen and oxygen atoms in total. The van der Waals surface area contributed by atoms with Gasteiger partial charge in [0.15, 0.2) is 11.4 Å². The van der Waals surface area contributed by atoms with Crippen LogP contribution in [0.2, 0.25) is 5.15 Å². The monoisotopic (exact) mass is 499 g/mol. The number of hydrogen-bond acceptors (Lipinski definition) is 8. The van der Waals surface area contributed by atoms with Gasteiger partial charge >= 0.3 is 6.09 Å². The van der Waals surface area contributed by atoms with E-state index in [4.69, 9.17) is 27.5 Å². The lowest BCUT2D eigenvalue weighted by atomic mass is 10.3. The van der Waals surface area contributed by atoms with E-state index in [9.17, 15) is 14.4 Å². The molecule has 3 amide bonds. The Labute approximate surface area is 203 Å². The van der Waals surface area contributed by atoms with Crippen LogP contribution in [0, 0.1) is 12.3 Å². The van der Waals surface area contributed by atoms with Crippen molar-refractivity contribution in [3.05, 3.63) is 40.1 Å². The lowest BCUT2D eigenvalue weighted by Crippen LogP contribution is -2.52. The number of rotatable bonds is 2. The van der Waals surface area contributed by atoms with Gasteiger partial charge in [-0.2, -0.15) is 0 Å². The number of nitrogens with zero attached hydrogens (tertiary/aromatic N) is 5. The quantitative estimate of drug-likeness (QED) is 0.455. The summed E-state index contributed by atoms with van der Waals surface area (Å²) in [6.45, 7) is 1.50. The van der Waals surface area contributed by atoms with Gasteiger partial charge in [0, 0.05) is 37.3 Å². The van der Waals surface area contributed by atoms with E-state index in [0.717, 1.165) is 5.39 Å². The van der Waals surface area contributed by atoms with E-state index < -0.39 is 24.1 Å². The number of terminal acetylenes is 1. The molecular weight excluding hydrogens is 482 g/mol. The molecule has 0 bridgehead atoms. The van der Waals surface area contributed by atoms with Gasteiger partial charge in [-0.3, -0.25) is 9.59 Å². The second-order valence-electron chi connectivity index (χ2n) is 7.58. The minimum Gasteiger partial charge on any atom is -0.486 e. The summed E-state index contributed by atoms with van der Waals surface area (Å²) in [7, 11) is 0. The average molecular weight is 500 g/mol. The van der Waals surface area contributed by atoms with Crippen molar-refractivity contribution in [2.75, 3.05) is 43.4 Å². The molecule has 1 fully saturated rings. The number of carbonyl (C=O) groups excluding carboxylic acids is 3. The molecule has 0 aromatic carbocycles. The van der Waals surface area contributed by atoms with E-state index in [1.54, 1.807) is 24.3 Å². The first-order valence-corrected chi connectivity index (χ1v) is 11.8. The second-order valence-corrected chi connectivity index (χ2v) is 9.10. The Morgan fingerprint density at radius 3 is 2.65 bits per heavy atom. The summed E-state index contributed by atoms with van der Waals surface area (Å²) in [4.78, 5) is 51.4. The molecule has 5 heterocycles. The van der Waals surface area contributed by atoms with Crippen molar-refractivity contribution < 1.29 is 23.9 Å². The molecule has 5 rings (SSSR count). The summed E-state index contributed by atoms with van der Waals surface area (Å²) < 4.78 is 11.4. The van der Waals surface area contributed by atoms with Gasteiger partial charge in [-0.1, -0.05) is 11.6 Å². The summed E-state index contributed by atoms with van der Waals surface area (Å²) in [6, 6.07) is 6.85. The Kier molecular flexibility index (Phi) is 5.93. The van der Waals surface area contributed by atoms with Crippen LogP contribution in [-0.4, -0.2) is 82.4 Å². The van der Waals surface area contributed by atoms with Crippen LogP contribution >= 0.6 is 23.4 Å². The summed E-state index contributed by atoms with van der Waals surface area (Å²) >= 11 is 7.41. The number of halogens is 1. The second kappa shape index (κ2) is 9.04. The van der Waals surface area contributed by atoms with Crippen LogP contribution in [-0.2, 0) is 19.1 Å². The van der Waals surface area contributed by atoms with Crippen LogP contribution < -0.4 is 4.90 Å². The van der Waals surface area contributed by atoms with Crippen LogP contribution in [0.25, 0.3) is 11.0 Å². The number of carbonyl (C=O) groups is 3. The number of thioether (sulfide) groups is 1. The fourth-order valence-electron chi connectivity index (χ4n) is 3.90. The number of amides is 3. The number of pyridine rings is 2. The topological polar surface area (TPSA) is 105 Å². The lowest BCUT2D eigenvalue weighted by molar-refractivity contribution is -0.126. The van der Waals surface area contributed by atoms with Crippen molar-refractivity contribution in [2.24, 2.45) is 0 Å². The molecule has 2 aromatic heterocycles. The zero-order valence-electron chi connectivity index (χ0n) is 17.8. The van der Waals surface area contributed by atoms with Crippen LogP contribution in [0.15, 0.2) is 34.9 Å². The van der Waals surface area contributed by atoms with E-state index in [0.29, 0.717) is 36.0 Å². The molecule has 1 atom stereocenters. The van der Waals surface area contributed by atoms with Gasteiger partial charge < -0.3 is 19.3 Å². The highest BCUT2D eigenvalue weighted by Crippen LogP contribution is 2.40. The molecule has 2 aromatic rings. The minimum atomic E-state index is -1.03. The molecular formula is C22H18ClN5O5S. The van der Waals surface area contributed by atoms with E-state index in [-0.39, 0.29) is 29.8 Å². The number of piperazine rings is 1. The van der Waals surface area contributed by atoms with Crippen molar-refractivity contribution in [1.29, 1.82) is 0 Å². The molecule has 3 aliphatic heterocycles. The molecule has 0 N–H and O–H groups in total. The third kappa shape index (κ3) is 3.99. The van der Waals surface area contributed by atoms with Crippen molar-refractivity contribution in [3.63, 3.8) is 0 Å². The fraction of sp³-hybridized carbons (Fsp3) is 0.318. The molecule has 1 saturated heterocycles. The number of anilines is 1. The summed E-state index contributed by atoms with van der Waals surface area (Å²) in [5.41, 5.74) is 0.357. The van der Waals surface area contributed by atoms with Crippen LogP contribution in [0.1, 0.15) is 0 Å². The largest absolute Gasteiger partial charge is 0.486 e. The molecule has 0 radical (unpaired) electrons. The third-order valence-corrected chi connectivity index (χ3v) is 6.87. The van der Waals surface area contributed by atoms with Crippen LogP contribution in [0.3, 0.4) is 0 Å². The molecule has 0 saturated carbocycles. The van der Waals surface area contributed by atoms with Gasteiger partial charge in [-0.05, 0) is 30.2 Å². The summed E-state index contributed by atoms with van der Waals surface area (Å²) in [5.74, 6) is 2.24. The van der Waals surface area contributed by atoms with E-state index in [2.05, 4.69) is 15.9 Å². The van der Waals surface area contributed by atoms with Gasteiger partial charge in [0.05, 0.1) is 11.5 Å². The maximum Gasteiger partial charge on any atom is 0.412 e. The predicted octanol–water partition coefficient (Wildman–Crippen LogP) is 1.84. The Hall–Kier alpha value is -3.49. The van der Waals surface area contributed by atoms with Gasteiger partial charge in [-0.25, -0.2) is 19.7 Å². The SMILES string of the molecule is C#CC(=O)N1CCN(C(=O)OC2C3=C(OCCS3)C(=O)N2c2ccc3ccc(Cl)nc3n2)CC1. The standard InChI is InChI=1S/C22H18ClN5O5S/c1-2-16(29)26-7-9-27(10-8-26)22(31)33-21-18-17(32-11-12-34-18)20(30)28(21)15-6-4-13-3-5-14(23)24-19(13)25-15/h1,3-6,21H,7-12H2. The number of fused-ring (bicyclic) bond motifs is 1. The average Bonchev–Trinajstić information content (AvgIpc) is 3.14. The molecule has 0 aliphatic carbocycles. The molecule has 0 spiro atoms. The third-order valence-electron chi connectivity index (χ3n) is 5.59. The van der Waals surface area contributed by atoms with Crippen molar-refractivity contribution in [1.82, 2.24) is 19.8 Å². The zero-order valence-corrected chi connectivity index (χ0v) is 19.3. The Bertz CT molecular complexity index is 1270. The number of aromatic nitrogens is 2. The maximum absolute atomic E-state index is 13.2. The van der Waals surface area contributed by atoms with Crippen LogP contribution in [0.4, 0.5) is 10.6 Å². The van der Waals surface area contributed by atoms with Crippen LogP contribution in [0.5, 0.6) is 0 Å². The highest BCUT2D eigenvalue weighted by atomic mass is 35.5. The summed E-state index contributed by atoms with van der Waals surface area (Å²) in [5, 5.41) is 1.02. The number of ether oxygens (including phenoxy) is 2. The molecule has 174 valence electrons. The van der Waals surface area contributed by atoms with Crippen molar-refractivity contribution >= 4 is 58.1 Å². The molecule has 3 aliphatic rings. The number of hydrogen-bond donors (Lipinski definition) is 0. The highest BCUT2D eigenvalue weighted by Gasteiger charge is 2.47. The van der Waals surface area contributed by atoms with E-state index in [1.807, 2.05) is 0 Å². The minimum absolute atomic E-state index is 0.152. The maximum atomic E-state index is 13.2. The molecule has 34 heavy (non-hydrogen) atoms. The lowest BCUT2D eigenvalue weighted by Gasteiger charge is -2.34. The highest BCUT2D eigenvalue weighted by molar-refractivity contribution is 8.03. The fourth-order valence-corrected chi connectivity index (χ4v) is 5.00. The normalized spacial score (nSPS) is 20.2. The predicted molar refractivity (Wildman–Crippen MR) is 125 cm³/mol. The first-order chi connectivity index (χ1) is 16.5. The Balaban J connectivity index is 1.41. The first kappa shape index (κ1) is 22.3. The van der Waals surface area contributed by atoms with Gasteiger partial charge in [0.25, 0.3) is 11.8 Å². The Morgan fingerprint density at radius 2 is 1.88 bits per heavy atom. The van der Waals surface area contributed by atoms with Crippen molar-refractivity contribution in [2.45, 2.75) is 6.23 Å². The van der Waals surface area contributed by atoms with E-state index >= 15 is 0 Å². The van der Waals surface area contributed by atoms with Gasteiger partial charge in [0.2, 0.25) is 6.23 Å².